The van der Waals surface area contributed by atoms with Gasteiger partial charge in [-0.25, -0.2) is 5.10 Å². The number of aromatic amines is 1. The van der Waals surface area contributed by atoms with Crippen LogP contribution in [-0.2, 0) is 6.54 Å². The maximum Gasteiger partial charge on any atom is 0.272 e. The lowest BCUT2D eigenvalue weighted by Gasteiger charge is -2.15. The maximum atomic E-state index is 12.2. The normalized spacial score (nSPS) is 14.5. The number of allylic oxidation sites excluding steroid dienone is 1. The fourth-order valence-corrected chi connectivity index (χ4v) is 3.55. The second kappa shape index (κ2) is 8.42. The zero-order valence-corrected chi connectivity index (χ0v) is 17.1. The quantitative estimate of drug-likeness (QED) is 0.528. The number of benzene rings is 2. The molecule has 31 heavy (non-hydrogen) atoms. The molecule has 2 aromatic carbocycles. The predicted molar refractivity (Wildman–Crippen MR) is 120 cm³/mol. The summed E-state index contributed by atoms with van der Waals surface area (Å²) in [5, 5.41) is 17.5. The summed E-state index contributed by atoms with van der Waals surface area (Å²) in [6.07, 6.45) is 3.59. The number of hydrogen-bond donors (Lipinski definition) is 3. The van der Waals surface area contributed by atoms with Gasteiger partial charge in [-0.05, 0) is 36.6 Å². The first-order valence-corrected chi connectivity index (χ1v) is 9.92. The van der Waals surface area contributed by atoms with Crippen LogP contribution in [0.5, 0.6) is 5.75 Å². The van der Waals surface area contributed by atoms with Crippen LogP contribution in [0.3, 0.4) is 0 Å². The highest BCUT2D eigenvalue weighted by Crippen LogP contribution is 2.32. The van der Waals surface area contributed by atoms with E-state index in [9.17, 15) is 10.1 Å². The minimum absolute atomic E-state index is 0.162. The van der Waals surface area contributed by atoms with Crippen molar-refractivity contribution in [3.05, 3.63) is 75.3 Å². The third-order valence-corrected chi connectivity index (χ3v) is 5.23. The molecule has 0 radical (unpaired) electrons. The Hall–Kier alpha value is -3.96. The van der Waals surface area contributed by atoms with Crippen LogP contribution in [-0.4, -0.2) is 29.1 Å². The molecule has 1 saturated carbocycles. The number of nitrogens with two attached hydrogens (primary N) is 2. The van der Waals surface area contributed by atoms with Gasteiger partial charge in [0, 0.05) is 36.3 Å². The van der Waals surface area contributed by atoms with Crippen molar-refractivity contribution in [2.75, 3.05) is 7.05 Å². The van der Waals surface area contributed by atoms with Crippen molar-refractivity contribution < 1.29 is 4.74 Å². The van der Waals surface area contributed by atoms with Gasteiger partial charge in [0.15, 0.2) is 0 Å². The first kappa shape index (κ1) is 20.3. The van der Waals surface area contributed by atoms with Crippen molar-refractivity contribution in [1.82, 2.24) is 10.2 Å². The molecule has 0 spiro atoms. The van der Waals surface area contributed by atoms with Crippen molar-refractivity contribution in [3.63, 3.8) is 0 Å². The van der Waals surface area contributed by atoms with Crippen molar-refractivity contribution in [2.45, 2.75) is 25.5 Å². The lowest BCUT2D eigenvalue weighted by molar-refractivity contribution is 0.302. The van der Waals surface area contributed by atoms with Crippen molar-refractivity contribution in [3.8, 4) is 11.8 Å². The Morgan fingerprint density at radius 2 is 2.16 bits per heavy atom. The standard InChI is InChI=1S/C23H22N6O2/c1-27-22(15-3-2-4-21(19(15)11-25)31-14-6-7-14)18(10-24)13-5-8-16-17(9-13)20(12-26)28-29-23(16)30/h2-5,8-10,14H,6-7,12,24,26H2,1H3,(H,29,30)/b18-10-,27-22?. The number of aromatic nitrogens is 2. The van der Waals surface area contributed by atoms with E-state index in [-0.39, 0.29) is 18.2 Å². The number of rotatable bonds is 6. The van der Waals surface area contributed by atoms with E-state index >= 15 is 0 Å². The first-order valence-electron chi connectivity index (χ1n) is 9.92. The predicted octanol–water partition coefficient (Wildman–Crippen LogP) is 2.21. The molecule has 8 nitrogen and oxygen atoms in total. The molecule has 3 aromatic rings. The smallest absolute Gasteiger partial charge is 0.272 e. The molecule has 1 aliphatic carbocycles. The first-order chi connectivity index (χ1) is 15.1. The highest BCUT2D eigenvalue weighted by molar-refractivity contribution is 6.32. The Labute approximate surface area is 178 Å². The van der Waals surface area contributed by atoms with E-state index in [4.69, 9.17) is 16.2 Å². The Morgan fingerprint density at radius 1 is 1.35 bits per heavy atom. The molecule has 0 unspecified atom stereocenters. The summed E-state index contributed by atoms with van der Waals surface area (Å²) in [7, 11) is 1.65. The lowest BCUT2D eigenvalue weighted by atomic mass is 9.92. The van der Waals surface area contributed by atoms with Crippen LogP contribution in [0.4, 0.5) is 0 Å². The highest BCUT2D eigenvalue weighted by atomic mass is 16.5. The minimum Gasteiger partial charge on any atom is -0.489 e. The van der Waals surface area contributed by atoms with Crippen LogP contribution in [0.25, 0.3) is 16.3 Å². The zero-order chi connectivity index (χ0) is 22.0. The molecule has 1 aromatic heterocycles. The molecule has 5 N–H and O–H groups in total. The van der Waals surface area contributed by atoms with E-state index < -0.39 is 0 Å². The number of nitrogens with zero attached hydrogens (tertiary/aromatic N) is 3. The molecule has 0 atom stereocenters. The minimum atomic E-state index is -0.293. The molecule has 0 aliphatic heterocycles. The van der Waals surface area contributed by atoms with Gasteiger partial charge in [-0.15, -0.1) is 0 Å². The fraction of sp³-hybridized carbons (Fsp3) is 0.217. The van der Waals surface area contributed by atoms with E-state index in [0.29, 0.717) is 44.6 Å². The van der Waals surface area contributed by atoms with Gasteiger partial charge in [0.05, 0.1) is 22.9 Å². The SMILES string of the molecule is CN=C(/C(=C\N)c1ccc2c(=O)[nH]nc(CN)c2c1)c1cccc(OC2CC2)c1C#N. The summed E-state index contributed by atoms with van der Waals surface area (Å²) in [6.45, 7) is 0.173. The van der Waals surface area contributed by atoms with Gasteiger partial charge < -0.3 is 16.2 Å². The van der Waals surface area contributed by atoms with Crippen LogP contribution in [0.2, 0.25) is 0 Å². The molecule has 156 valence electrons. The average Bonchev–Trinajstić information content (AvgIpc) is 3.61. The van der Waals surface area contributed by atoms with Crippen molar-refractivity contribution in [2.24, 2.45) is 16.5 Å². The van der Waals surface area contributed by atoms with Gasteiger partial charge in [0.1, 0.15) is 17.4 Å². The number of nitrogens with one attached hydrogen (secondary N) is 1. The molecule has 8 heteroatoms. The van der Waals surface area contributed by atoms with E-state index in [1.807, 2.05) is 18.2 Å². The Kier molecular flexibility index (Phi) is 5.52. The molecule has 4 rings (SSSR count). The summed E-state index contributed by atoms with van der Waals surface area (Å²) in [6, 6.07) is 13.0. The second-order valence-corrected chi connectivity index (χ2v) is 7.22. The van der Waals surface area contributed by atoms with Gasteiger partial charge in [-0.1, -0.05) is 18.2 Å². The zero-order valence-electron chi connectivity index (χ0n) is 17.1. The van der Waals surface area contributed by atoms with Crippen molar-refractivity contribution >= 4 is 22.1 Å². The molecular formula is C23H22N6O2. The molecule has 1 aliphatic rings. The number of hydrogen-bond acceptors (Lipinski definition) is 7. The van der Waals surface area contributed by atoms with Crippen LogP contribution < -0.4 is 21.8 Å². The van der Waals surface area contributed by atoms with Gasteiger partial charge >= 0.3 is 0 Å². The van der Waals surface area contributed by atoms with Crippen LogP contribution >= 0.6 is 0 Å². The van der Waals surface area contributed by atoms with E-state index in [1.54, 1.807) is 25.2 Å². The Morgan fingerprint density at radius 3 is 2.81 bits per heavy atom. The number of aliphatic imine (C=N–C) groups is 1. The molecule has 1 heterocycles. The molecular weight excluding hydrogens is 392 g/mol. The van der Waals surface area contributed by atoms with Crippen LogP contribution in [0.15, 0.2) is 52.4 Å². The fourth-order valence-electron chi connectivity index (χ4n) is 3.55. The van der Waals surface area contributed by atoms with E-state index in [2.05, 4.69) is 21.3 Å². The number of nitriles is 1. The molecule has 0 amide bonds. The third kappa shape index (κ3) is 3.79. The van der Waals surface area contributed by atoms with Gasteiger partial charge in [0.25, 0.3) is 5.56 Å². The summed E-state index contributed by atoms with van der Waals surface area (Å²) in [4.78, 5) is 16.6. The number of ether oxygens (including phenoxy) is 1. The Bertz CT molecular complexity index is 1310. The molecule has 0 saturated heterocycles. The van der Waals surface area contributed by atoms with Crippen LogP contribution in [0.1, 0.15) is 35.2 Å². The van der Waals surface area contributed by atoms with Gasteiger partial charge in [-0.2, -0.15) is 10.4 Å². The van der Waals surface area contributed by atoms with E-state index in [1.165, 1.54) is 6.20 Å². The lowest BCUT2D eigenvalue weighted by Crippen LogP contribution is -2.14. The summed E-state index contributed by atoms with van der Waals surface area (Å²) in [5.41, 5.74) is 15.0. The monoisotopic (exact) mass is 414 g/mol. The summed E-state index contributed by atoms with van der Waals surface area (Å²) in [5.74, 6) is 0.541. The van der Waals surface area contributed by atoms with Gasteiger partial charge in [0.2, 0.25) is 0 Å². The van der Waals surface area contributed by atoms with Crippen LogP contribution in [0, 0.1) is 11.3 Å². The molecule has 0 bridgehead atoms. The van der Waals surface area contributed by atoms with Gasteiger partial charge in [-0.3, -0.25) is 9.79 Å². The Balaban J connectivity index is 1.84. The number of H-pyrrole nitrogens is 1. The number of fused-ring (bicyclic) bond motifs is 1. The molecule has 1 fully saturated rings. The topological polar surface area (TPSA) is 143 Å². The highest BCUT2D eigenvalue weighted by Gasteiger charge is 2.26. The third-order valence-electron chi connectivity index (χ3n) is 5.23. The van der Waals surface area contributed by atoms with E-state index in [0.717, 1.165) is 18.4 Å². The summed E-state index contributed by atoms with van der Waals surface area (Å²) < 4.78 is 5.91. The average molecular weight is 414 g/mol. The van der Waals surface area contributed by atoms with Crippen molar-refractivity contribution in [1.29, 1.82) is 5.26 Å². The maximum absolute atomic E-state index is 12.2. The second-order valence-electron chi connectivity index (χ2n) is 7.22. The summed E-state index contributed by atoms with van der Waals surface area (Å²) >= 11 is 0. The largest absolute Gasteiger partial charge is 0.489 e.